The number of pyridine rings is 2. The quantitative estimate of drug-likeness (QED) is 0.928. The van der Waals surface area contributed by atoms with Crippen LogP contribution in [0.15, 0.2) is 30.6 Å². The number of anilines is 1. The number of carbonyl (C=O) groups excluding carboxylic acids is 1. The van der Waals surface area contributed by atoms with Crippen molar-refractivity contribution < 1.29 is 4.79 Å². The number of rotatable bonds is 3. The van der Waals surface area contributed by atoms with Gasteiger partial charge in [0.1, 0.15) is 5.82 Å². The third-order valence-corrected chi connectivity index (χ3v) is 4.63. The van der Waals surface area contributed by atoms with Gasteiger partial charge in [-0.15, -0.1) is 0 Å². The molecule has 6 heteroatoms. The number of piperidine rings is 1. The summed E-state index contributed by atoms with van der Waals surface area (Å²) in [5.41, 5.74) is 2.88. The Labute approximate surface area is 147 Å². The van der Waals surface area contributed by atoms with Crippen LogP contribution in [0.2, 0.25) is 5.02 Å². The van der Waals surface area contributed by atoms with E-state index in [1.807, 2.05) is 25.1 Å². The molecule has 0 aliphatic carbocycles. The maximum Gasteiger partial charge on any atom is 0.217 e. The van der Waals surface area contributed by atoms with E-state index < -0.39 is 0 Å². The summed E-state index contributed by atoms with van der Waals surface area (Å²) in [7, 11) is 0. The van der Waals surface area contributed by atoms with Gasteiger partial charge in [-0.25, -0.2) is 4.98 Å². The fraction of sp³-hybridized carbons (Fsp3) is 0.389. The number of carbonyl (C=O) groups is 1. The van der Waals surface area contributed by atoms with Crippen molar-refractivity contribution in [3.8, 4) is 11.3 Å². The molecule has 126 valence electrons. The summed E-state index contributed by atoms with van der Waals surface area (Å²) in [6.07, 6.45) is 5.31. The minimum Gasteiger partial charge on any atom is -0.356 e. The van der Waals surface area contributed by atoms with Crippen LogP contribution in [0.5, 0.6) is 0 Å². The first kappa shape index (κ1) is 16.7. The first-order valence-electron chi connectivity index (χ1n) is 8.14. The molecule has 0 spiro atoms. The fourth-order valence-corrected chi connectivity index (χ4v) is 3.28. The van der Waals surface area contributed by atoms with Gasteiger partial charge in [0.05, 0.1) is 10.7 Å². The van der Waals surface area contributed by atoms with Gasteiger partial charge < -0.3 is 10.2 Å². The molecule has 1 aliphatic rings. The number of nitrogens with zero attached hydrogens (tertiary/aromatic N) is 3. The maximum absolute atomic E-state index is 11.2. The van der Waals surface area contributed by atoms with Crippen molar-refractivity contribution in [3.63, 3.8) is 0 Å². The van der Waals surface area contributed by atoms with E-state index in [1.54, 1.807) is 19.3 Å². The van der Waals surface area contributed by atoms with E-state index in [1.165, 1.54) is 0 Å². The van der Waals surface area contributed by atoms with Gasteiger partial charge in [-0.05, 0) is 37.5 Å². The Hall–Kier alpha value is -2.14. The van der Waals surface area contributed by atoms with E-state index in [-0.39, 0.29) is 11.9 Å². The summed E-state index contributed by atoms with van der Waals surface area (Å²) in [6.45, 7) is 5.31. The fourth-order valence-electron chi connectivity index (χ4n) is 3.09. The third-order valence-electron chi connectivity index (χ3n) is 4.33. The van der Waals surface area contributed by atoms with Gasteiger partial charge in [-0.1, -0.05) is 17.7 Å². The van der Waals surface area contributed by atoms with Crippen LogP contribution in [0, 0.1) is 6.92 Å². The Bertz CT molecular complexity index is 742. The number of aromatic nitrogens is 2. The summed E-state index contributed by atoms with van der Waals surface area (Å²) in [6, 6.07) is 6.21. The van der Waals surface area contributed by atoms with Crippen LogP contribution in [-0.2, 0) is 4.79 Å². The van der Waals surface area contributed by atoms with E-state index in [0.29, 0.717) is 5.02 Å². The highest BCUT2D eigenvalue weighted by Crippen LogP contribution is 2.31. The molecule has 0 unspecified atom stereocenters. The van der Waals surface area contributed by atoms with E-state index in [2.05, 4.69) is 20.2 Å². The number of amides is 1. The molecule has 1 saturated heterocycles. The zero-order valence-electron chi connectivity index (χ0n) is 13.9. The van der Waals surface area contributed by atoms with Crippen molar-refractivity contribution in [1.29, 1.82) is 0 Å². The predicted molar refractivity (Wildman–Crippen MR) is 96.3 cm³/mol. The van der Waals surface area contributed by atoms with Crippen LogP contribution in [0.25, 0.3) is 11.3 Å². The average Bonchev–Trinajstić information content (AvgIpc) is 2.56. The van der Waals surface area contributed by atoms with Gasteiger partial charge in [-0.2, -0.15) is 0 Å². The van der Waals surface area contributed by atoms with Crippen LogP contribution < -0.4 is 10.2 Å². The SMILES string of the molecule is CC(=O)NC1CCN(c2cc(-c3ncccc3C)c(Cl)cn2)CC1. The molecule has 1 aliphatic heterocycles. The summed E-state index contributed by atoms with van der Waals surface area (Å²) in [4.78, 5) is 22.4. The monoisotopic (exact) mass is 344 g/mol. The highest BCUT2D eigenvalue weighted by atomic mass is 35.5. The van der Waals surface area contributed by atoms with E-state index in [4.69, 9.17) is 11.6 Å². The molecular formula is C18H21ClN4O. The van der Waals surface area contributed by atoms with Crippen molar-refractivity contribution in [2.45, 2.75) is 32.7 Å². The molecule has 0 atom stereocenters. The third kappa shape index (κ3) is 3.67. The molecular weight excluding hydrogens is 324 g/mol. The zero-order valence-corrected chi connectivity index (χ0v) is 14.7. The molecule has 0 radical (unpaired) electrons. The van der Waals surface area contributed by atoms with Crippen molar-refractivity contribution in [1.82, 2.24) is 15.3 Å². The summed E-state index contributed by atoms with van der Waals surface area (Å²) in [5.74, 6) is 0.937. The summed E-state index contributed by atoms with van der Waals surface area (Å²) < 4.78 is 0. The molecule has 24 heavy (non-hydrogen) atoms. The Morgan fingerprint density at radius 1 is 1.33 bits per heavy atom. The normalized spacial score (nSPS) is 15.4. The van der Waals surface area contributed by atoms with Crippen molar-refractivity contribution in [3.05, 3.63) is 41.2 Å². The van der Waals surface area contributed by atoms with Crippen LogP contribution in [0.3, 0.4) is 0 Å². The lowest BCUT2D eigenvalue weighted by molar-refractivity contribution is -0.119. The first-order chi connectivity index (χ1) is 11.5. The van der Waals surface area contributed by atoms with Gasteiger partial charge in [0.2, 0.25) is 5.91 Å². The van der Waals surface area contributed by atoms with Gasteiger partial charge in [0.15, 0.2) is 0 Å². The van der Waals surface area contributed by atoms with E-state index in [9.17, 15) is 4.79 Å². The lowest BCUT2D eigenvalue weighted by Gasteiger charge is -2.33. The average molecular weight is 345 g/mol. The van der Waals surface area contributed by atoms with Gasteiger partial charge in [0.25, 0.3) is 0 Å². The van der Waals surface area contributed by atoms with Crippen LogP contribution in [-0.4, -0.2) is 35.0 Å². The standard InChI is InChI=1S/C18H21ClN4O/c1-12-4-3-7-20-18(12)15-10-17(21-11-16(15)19)23-8-5-14(6-9-23)22-13(2)24/h3-4,7,10-11,14H,5-6,8-9H2,1-2H3,(H,22,24). The molecule has 1 fully saturated rings. The molecule has 3 rings (SSSR count). The molecule has 5 nitrogen and oxygen atoms in total. The number of hydrogen-bond donors (Lipinski definition) is 1. The molecule has 1 N–H and O–H groups in total. The first-order valence-corrected chi connectivity index (χ1v) is 8.52. The van der Waals surface area contributed by atoms with Crippen molar-refractivity contribution >= 4 is 23.3 Å². The summed E-state index contributed by atoms with van der Waals surface area (Å²) >= 11 is 6.35. The lowest BCUT2D eigenvalue weighted by atomic mass is 10.0. The Morgan fingerprint density at radius 2 is 2.08 bits per heavy atom. The van der Waals surface area contributed by atoms with Crippen LogP contribution >= 0.6 is 11.6 Å². The smallest absolute Gasteiger partial charge is 0.217 e. The van der Waals surface area contributed by atoms with Gasteiger partial charge in [0, 0.05) is 44.0 Å². The second-order valence-electron chi connectivity index (χ2n) is 6.15. The number of hydrogen-bond acceptors (Lipinski definition) is 4. The summed E-state index contributed by atoms with van der Waals surface area (Å²) in [5, 5.41) is 3.60. The number of halogens is 1. The van der Waals surface area contributed by atoms with E-state index in [0.717, 1.165) is 48.6 Å². The Balaban J connectivity index is 1.80. The Morgan fingerprint density at radius 3 is 2.75 bits per heavy atom. The molecule has 1 amide bonds. The lowest BCUT2D eigenvalue weighted by Crippen LogP contribution is -2.44. The second kappa shape index (κ2) is 7.18. The highest BCUT2D eigenvalue weighted by molar-refractivity contribution is 6.33. The number of aryl methyl sites for hydroxylation is 1. The maximum atomic E-state index is 11.2. The number of nitrogens with one attached hydrogen (secondary N) is 1. The Kier molecular flexibility index (Phi) is 5.00. The molecule has 0 bridgehead atoms. The van der Waals surface area contributed by atoms with Crippen LogP contribution in [0.1, 0.15) is 25.3 Å². The molecule has 0 saturated carbocycles. The van der Waals surface area contributed by atoms with E-state index >= 15 is 0 Å². The van der Waals surface area contributed by atoms with Gasteiger partial charge in [-0.3, -0.25) is 9.78 Å². The van der Waals surface area contributed by atoms with Gasteiger partial charge >= 0.3 is 0 Å². The molecule has 2 aromatic heterocycles. The highest BCUT2D eigenvalue weighted by Gasteiger charge is 2.21. The zero-order chi connectivity index (χ0) is 17.1. The van der Waals surface area contributed by atoms with Crippen molar-refractivity contribution in [2.75, 3.05) is 18.0 Å². The minimum atomic E-state index is 0.0333. The van der Waals surface area contributed by atoms with Crippen LogP contribution in [0.4, 0.5) is 5.82 Å². The minimum absolute atomic E-state index is 0.0333. The predicted octanol–water partition coefficient (Wildman–Crippen LogP) is 3.21. The topological polar surface area (TPSA) is 58.1 Å². The molecule has 0 aromatic carbocycles. The second-order valence-corrected chi connectivity index (χ2v) is 6.56. The molecule has 3 heterocycles. The van der Waals surface area contributed by atoms with Crippen molar-refractivity contribution in [2.24, 2.45) is 0 Å². The largest absolute Gasteiger partial charge is 0.356 e. The molecule has 2 aromatic rings.